The van der Waals surface area contributed by atoms with Gasteiger partial charge in [0.2, 0.25) is 0 Å². The Morgan fingerprint density at radius 2 is 1.81 bits per heavy atom. The van der Waals surface area contributed by atoms with Gasteiger partial charge in [0.1, 0.15) is 11.9 Å². The molecule has 1 unspecified atom stereocenters. The molecule has 0 radical (unpaired) electrons. The first-order valence-electron chi connectivity index (χ1n) is 11.8. The highest BCUT2D eigenvalue weighted by Crippen LogP contribution is 2.30. The average molecular weight is 552 g/mol. The van der Waals surface area contributed by atoms with Gasteiger partial charge in [-0.15, -0.1) is 12.4 Å². The number of nitrogens with one attached hydrogen (secondary N) is 2. The Labute approximate surface area is 224 Å². The van der Waals surface area contributed by atoms with Crippen LogP contribution in [0.4, 0.5) is 5.69 Å². The fourth-order valence-electron chi connectivity index (χ4n) is 4.09. The summed E-state index contributed by atoms with van der Waals surface area (Å²) in [4.78, 5) is 0.217. The summed E-state index contributed by atoms with van der Waals surface area (Å²) in [5.74, 6) is 1.08. The van der Waals surface area contributed by atoms with Crippen LogP contribution in [0.15, 0.2) is 71.6 Å². The molecule has 36 heavy (non-hydrogen) atoms. The Balaban J connectivity index is 0.00000361. The lowest BCUT2D eigenvalue weighted by Crippen LogP contribution is -2.36. The van der Waals surface area contributed by atoms with Crippen LogP contribution in [0.3, 0.4) is 0 Å². The second-order valence-corrected chi connectivity index (χ2v) is 11.3. The van der Waals surface area contributed by atoms with E-state index in [0.717, 1.165) is 23.1 Å². The van der Waals surface area contributed by atoms with E-state index < -0.39 is 16.1 Å². The van der Waals surface area contributed by atoms with Gasteiger partial charge in [-0.3, -0.25) is 4.72 Å². The molecule has 0 bridgehead atoms. The highest BCUT2D eigenvalue weighted by molar-refractivity contribution is 7.92. The molecule has 6 nitrogen and oxygen atoms in total. The molecule has 4 rings (SSSR count). The summed E-state index contributed by atoms with van der Waals surface area (Å²) in [7, 11) is -3.70. The van der Waals surface area contributed by atoms with Crippen LogP contribution in [0.25, 0.3) is 0 Å². The van der Waals surface area contributed by atoms with Crippen molar-refractivity contribution < 1.29 is 18.3 Å². The first-order valence-corrected chi connectivity index (χ1v) is 13.6. The Bertz CT molecular complexity index is 1270. The van der Waals surface area contributed by atoms with E-state index in [1.165, 1.54) is 0 Å². The van der Waals surface area contributed by atoms with E-state index in [0.29, 0.717) is 41.9 Å². The van der Waals surface area contributed by atoms with Gasteiger partial charge in [-0.25, -0.2) is 8.42 Å². The summed E-state index contributed by atoms with van der Waals surface area (Å²) in [5, 5.41) is 14.2. The van der Waals surface area contributed by atoms with Gasteiger partial charge in [0.25, 0.3) is 10.0 Å². The van der Waals surface area contributed by atoms with Crippen LogP contribution in [-0.4, -0.2) is 32.7 Å². The minimum Gasteiger partial charge on any atom is -0.489 e. The topological polar surface area (TPSA) is 87.7 Å². The number of ether oxygens (including phenoxy) is 1. The Hall–Kier alpha value is -2.29. The van der Waals surface area contributed by atoms with Gasteiger partial charge in [-0.05, 0) is 77.9 Å². The van der Waals surface area contributed by atoms with E-state index in [9.17, 15) is 13.5 Å². The zero-order valence-corrected chi connectivity index (χ0v) is 22.7. The van der Waals surface area contributed by atoms with E-state index in [-0.39, 0.29) is 23.4 Å². The van der Waals surface area contributed by atoms with Crippen LogP contribution in [0.2, 0.25) is 5.02 Å². The summed E-state index contributed by atoms with van der Waals surface area (Å²) < 4.78 is 34.6. The molecule has 3 aromatic carbocycles. The standard InChI is InChI=1S/C27H31ClN2O4S.ClH/c1-18(2)19-6-9-23(10-7-19)30-35(32,33)25-12-13-27-21(15-25)8-11-24(34-27)16-29-17-26(31)20-4-3-5-22(28)14-20;/h3-7,9-10,12-15,18,24,26,29-31H,8,11,16-17H2,1-2H3;1H/t24?,26-;/m0./s1. The van der Waals surface area contributed by atoms with Crippen molar-refractivity contribution in [1.82, 2.24) is 5.32 Å². The fourth-order valence-corrected chi connectivity index (χ4v) is 5.40. The van der Waals surface area contributed by atoms with Crippen molar-refractivity contribution in [1.29, 1.82) is 0 Å². The Morgan fingerprint density at radius 1 is 1.06 bits per heavy atom. The summed E-state index contributed by atoms with van der Waals surface area (Å²) >= 11 is 6.00. The van der Waals surface area contributed by atoms with Crippen LogP contribution < -0.4 is 14.8 Å². The van der Waals surface area contributed by atoms with Crippen molar-refractivity contribution in [2.45, 2.75) is 49.7 Å². The zero-order chi connectivity index (χ0) is 25.0. The number of benzene rings is 3. The third-order valence-corrected chi connectivity index (χ3v) is 7.76. The SMILES string of the molecule is CC(C)c1ccc(NS(=O)(=O)c2ccc3c(c2)CCC(CNC[C@H](O)c2cccc(Cl)c2)O3)cc1.Cl. The Kier molecular flexibility index (Phi) is 9.66. The molecule has 0 saturated carbocycles. The van der Waals surface area contributed by atoms with Crippen LogP contribution in [0.1, 0.15) is 49.0 Å². The largest absolute Gasteiger partial charge is 0.489 e. The number of anilines is 1. The predicted octanol–water partition coefficient (Wildman–Crippen LogP) is 5.70. The quantitative estimate of drug-likeness (QED) is 0.318. The van der Waals surface area contributed by atoms with Crippen molar-refractivity contribution in [2.24, 2.45) is 0 Å². The van der Waals surface area contributed by atoms with Gasteiger partial charge in [0.15, 0.2) is 0 Å². The molecule has 194 valence electrons. The first-order chi connectivity index (χ1) is 16.7. The van der Waals surface area contributed by atoms with Crippen molar-refractivity contribution >= 4 is 39.7 Å². The maximum atomic E-state index is 12.9. The monoisotopic (exact) mass is 550 g/mol. The number of hydrogen-bond donors (Lipinski definition) is 3. The van der Waals surface area contributed by atoms with Gasteiger partial charge in [-0.1, -0.05) is 49.7 Å². The van der Waals surface area contributed by atoms with E-state index in [1.807, 2.05) is 24.3 Å². The molecular formula is C27H32Cl2N2O4S. The zero-order valence-electron chi connectivity index (χ0n) is 20.3. The molecule has 2 atom stereocenters. The number of sulfonamides is 1. The molecule has 0 spiro atoms. The lowest BCUT2D eigenvalue weighted by molar-refractivity contribution is 0.146. The van der Waals surface area contributed by atoms with E-state index in [4.69, 9.17) is 16.3 Å². The van der Waals surface area contributed by atoms with Gasteiger partial charge in [0, 0.05) is 23.8 Å². The average Bonchev–Trinajstić information content (AvgIpc) is 2.83. The highest BCUT2D eigenvalue weighted by atomic mass is 35.5. The molecule has 3 N–H and O–H groups in total. The summed E-state index contributed by atoms with van der Waals surface area (Å²) in [6.07, 6.45) is 0.742. The van der Waals surface area contributed by atoms with Crippen molar-refractivity contribution in [3.05, 3.63) is 88.4 Å². The van der Waals surface area contributed by atoms with Crippen LogP contribution in [0, 0.1) is 0 Å². The highest BCUT2D eigenvalue weighted by Gasteiger charge is 2.23. The van der Waals surface area contributed by atoms with Crippen LogP contribution >= 0.6 is 24.0 Å². The second kappa shape index (κ2) is 12.3. The van der Waals surface area contributed by atoms with Crippen LogP contribution in [0.5, 0.6) is 5.75 Å². The molecule has 1 aliphatic heterocycles. The molecule has 0 aliphatic carbocycles. The smallest absolute Gasteiger partial charge is 0.261 e. The van der Waals surface area contributed by atoms with Gasteiger partial charge in [0.05, 0.1) is 11.0 Å². The molecule has 0 aromatic heterocycles. The maximum absolute atomic E-state index is 12.9. The number of aryl methyl sites for hydroxylation is 1. The van der Waals surface area contributed by atoms with Crippen LogP contribution in [-0.2, 0) is 16.4 Å². The summed E-state index contributed by atoms with van der Waals surface area (Å²) in [6, 6.07) is 19.6. The molecular weight excluding hydrogens is 519 g/mol. The number of fused-ring (bicyclic) bond motifs is 1. The number of aliphatic hydroxyl groups excluding tert-OH is 1. The van der Waals surface area contributed by atoms with Gasteiger partial charge < -0.3 is 15.2 Å². The van der Waals surface area contributed by atoms with Gasteiger partial charge >= 0.3 is 0 Å². The molecule has 0 fully saturated rings. The van der Waals surface area contributed by atoms with Crippen molar-refractivity contribution in [3.63, 3.8) is 0 Å². The summed E-state index contributed by atoms with van der Waals surface area (Å²) in [5.41, 5.74) is 3.33. The molecule has 1 heterocycles. The lowest BCUT2D eigenvalue weighted by Gasteiger charge is -2.27. The number of rotatable bonds is 9. The third kappa shape index (κ3) is 7.14. The lowest BCUT2D eigenvalue weighted by atomic mass is 10.0. The molecule has 0 saturated heterocycles. The third-order valence-electron chi connectivity index (χ3n) is 6.14. The van der Waals surface area contributed by atoms with E-state index in [2.05, 4.69) is 23.9 Å². The van der Waals surface area contributed by atoms with E-state index >= 15 is 0 Å². The maximum Gasteiger partial charge on any atom is 0.261 e. The summed E-state index contributed by atoms with van der Waals surface area (Å²) in [6.45, 7) is 5.15. The normalized spacial score (nSPS) is 16.0. The second-order valence-electron chi connectivity index (χ2n) is 9.16. The number of hydrogen-bond acceptors (Lipinski definition) is 5. The minimum absolute atomic E-state index is 0. The molecule has 3 aromatic rings. The molecule has 9 heteroatoms. The van der Waals surface area contributed by atoms with Gasteiger partial charge in [-0.2, -0.15) is 0 Å². The first kappa shape index (κ1) is 28.3. The van der Waals surface area contributed by atoms with Crippen molar-refractivity contribution in [3.8, 4) is 5.75 Å². The molecule has 1 aliphatic rings. The molecule has 0 amide bonds. The fraction of sp³-hybridized carbons (Fsp3) is 0.333. The van der Waals surface area contributed by atoms with E-state index in [1.54, 1.807) is 42.5 Å². The number of halogens is 2. The minimum atomic E-state index is -3.70. The van der Waals surface area contributed by atoms with Crippen molar-refractivity contribution in [2.75, 3.05) is 17.8 Å². The predicted molar refractivity (Wildman–Crippen MR) is 147 cm³/mol. The Morgan fingerprint density at radius 3 is 2.50 bits per heavy atom. The number of aliphatic hydroxyl groups is 1.